The SMILES string of the molecule is Cc1cccc(N(C(=O)Cc2ccsc2)C(C(=O)NC2CCCCC2)c2ccccc2)c1C. The van der Waals surface area contributed by atoms with Gasteiger partial charge in [-0.3, -0.25) is 14.5 Å². The van der Waals surface area contributed by atoms with Gasteiger partial charge in [0.05, 0.1) is 6.42 Å². The Bertz CT molecular complexity index is 1070. The topological polar surface area (TPSA) is 49.4 Å². The van der Waals surface area contributed by atoms with Crippen LogP contribution in [0, 0.1) is 13.8 Å². The lowest BCUT2D eigenvalue weighted by molar-refractivity contribution is -0.127. The first-order valence-corrected chi connectivity index (χ1v) is 12.7. The fraction of sp³-hybridized carbons (Fsp3) is 0.357. The summed E-state index contributed by atoms with van der Waals surface area (Å²) in [4.78, 5) is 29.4. The van der Waals surface area contributed by atoms with Crippen molar-refractivity contribution in [3.8, 4) is 0 Å². The molecule has 1 unspecified atom stereocenters. The van der Waals surface area contributed by atoms with Gasteiger partial charge < -0.3 is 5.32 Å². The van der Waals surface area contributed by atoms with E-state index in [-0.39, 0.29) is 24.3 Å². The zero-order valence-corrected chi connectivity index (χ0v) is 20.2. The van der Waals surface area contributed by atoms with Gasteiger partial charge in [-0.2, -0.15) is 11.3 Å². The molecule has 2 aromatic carbocycles. The van der Waals surface area contributed by atoms with Crippen LogP contribution in [0.2, 0.25) is 0 Å². The second-order valence-corrected chi connectivity index (χ2v) is 9.73. The number of nitrogens with zero attached hydrogens (tertiary/aromatic N) is 1. The molecule has 3 aromatic rings. The van der Waals surface area contributed by atoms with Crippen LogP contribution in [-0.4, -0.2) is 17.9 Å². The van der Waals surface area contributed by atoms with E-state index in [4.69, 9.17) is 0 Å². The van der Waals surface area contributed by atoms with Crippen LogP contribution in [-0.2, 0) is 16.0 Å². The van der Waals surface area contributed by atoms with E-state index < -0.39 is 6.04 Å². The van der Waals surface area contributed by atoms with Crippen LogP contribution in [0.15, 0.2) is 65.4 Å². The highest BCUT2D eigenvalue weighted by Crippen LogP contribution is 2.33. The average Bonchev–Trinajstić information content (AvgIpc) is 3.33. The monoisotopic (exact) mass is 460 g/mol. The van der Waals surface area contributed by atoms with Crippen molar-refractivity contribution in [1.82, 2.24) is 5.32 Å². The molecular weight excluding hydrogens is 428 g/mol. The van der Waals surface area contributed by atoms with Gasteiger partial charge in [0, 0.05) is 11.7 Å². The van der Waals surface area contributed by atoms with E-state index >= 15 is 0 Å². The number of nitrogens with one attached hydrogen (secondary N) is 1. The molecule has 33 heavy (non-hydrogen) atoms. The van der Waals surface area contributed by atoms with Gasteiger partial charge >= 0.3 is 0 Å². The highest BCUT2D eigenvalue weighted by molar-refractivity contribution is 7.08. The number of rotatable bonds is 7. The molecule has 5 heteroatoms. The average molecular weight is 461 g/mol. The number of aryl methyl sites for hydroxylation is 1. The van der Waals surface area contributed by atoms with Crippen molar-refractivity contribution in [3.05, 3.63) is 87.6 Å². The highest BCUT2D eigenvalue weighted by atomic mass is 32.1. The summed E-state index contributed by atoms with van der Waals surface area (Å²) in [5.74, 6) is -0.178. The van der Waals surface area contributed by atoms with Crippen LogP contribution in [0.25, 0.3) is 0 Å². The smallest absolute Gasteiger partial charge is 0.248 e. The normalized spacial score (nSPS) is 15.1. The predicted molar refractivity (Wildman–Crippen MR) is 136 cm³/mol. The summed E-state index contributed by atoms with van der Waals surface area (Å²) in [6, 6.07) is 17.1. The largest absolute Gasteiger partial charge is 0.351 e. The Kier molecular flexibility index (Phi) is 7.61. The lowest BCUT2D eigenvalue weighted by Crippen LogP contribution is -2.48. The summed E-state index contributed by atoms with van der Waals surface area (Å²) >= 11 is 1.58. The number of carbonyl (C=O) groups is 2. The molecule has 0 bridgehead atoms. The molecule has 1 saturated carbocycles. The molecule has 1 aromatic heterocycles. The minimum absolute atomic E-state index is 0.0743. The van der Waals surface area contributed by atoms with Crippen molar-refractivity contribution in [2.24, 2.45) is 0 Å². The molecule has 0 spiro atoms. The first-order chi connectivity index (χ1) is 16.0. The number of anilines is 1. The molecule has 1 aliphatic rings. The van der Waals surface area contributed by atoms with Crippen LogP contribution in [0.4, 0.5) is 5.69 Å². The maximum Gasteiger partial charge on any atom is 0.248 e. The Morgan fingerprint density at radius 2 is 1.76 bits per heavy atom. The molecule has 4 nitrogen and oxygen atoms in total. The zero-order valence-electron chi connectivity index (χ0n) is 19.4. The third-order valence-corrected chi connectivity index (χ3v) is 7.35. The minimum atomic E-state index is -0.722. The Balaban J connectivity index is 1.77. The van der Waals surface area contributed by atoms with Crippen molar-refractivity contribution in [1.29, 1.82) is 0 Å². The summed E-state index contributed by atoms with van der Waals surface area (Å²) in [5.41, 5.74) is 4.70. The number of hydrogen-bond acceptors (Lipinski definition) is 3. The van der Waals surface area contributed by atoms with Crippen LogP contribution < -0.4 is 10.2 Å². The van der Waals surface area contributed by atoms with E-state index in [9.17, 15) is 9.59 Å². The number of hydrogen-bond donors (Lipinski definition) is 1. The molecule has 172 valence electrons. The molecule has 1 heterocycles. The molecule has 1 atom stereocenters. The Labute approximate surface area is 200 Å². The fourth-order valence-corrected chi connectivity index (χ4v) is 5.32. The maximum absolute atomic E-state index is 13.8. The predicted octanol–water partition coefficient (Wildman–Crippen LogP) is 6.13. The molecular formula is C28H32N2O2S. The summed E-state index contributed by atoms with van der Waals surface area (Å²) in [5, 5.41) is 7.27. The quantitative estimate of drug-likeness (QED) is 0.461. The van der Waals surface area contributed by atoms with Crippen molar-refractivity contribution in [2.75, 3.05) is 4.90 Å². The maximum atomic E-state index is 13.8. The van der Waals surface area contributed by atoms with Crippen LogP contribution in [0.5, 0.6) is 0 Å². The summed E-state index contributed by atoms with van der Waals surface area (Å²) < 4.78 is 0. The molecule has 4 rings (SSSR count). The van der Waals surface area contributed by atoms with Crippen molar-refractivity contribution < 1.29 is 9.59 Å². The van der Waals surface area contributed by atoms with E-state index in [0.29, 0.717) is 0 Å². The molecule has 1 N–H and O–H groups in total. The van der Waals surface area contributed by atoms with Gasteiger partial charge in [-0.05, 0) is 71.8 Å². The van der Waals surface area contributed by atoms with Gasteiger partial charge in [0.25, 0.3) is 0 Å². The second kappa shape index (κ2) is 10.8. The van der Waals surface area contributed by atoms with Crippen LogP contribution in [0.1, 0.15) is 60.4 Å². The number of thiophene rings is 1. The van der Waals surface area contributed by atoms with Crippen molar-refractivity contribution in [2.45, 2.75) is 64.5 Å². The molecule has 1 aliphatic carbocycles. The third-order valence-electron chi connectivity index (χ3n) is 6.61. The first-order valence-electron chi connectivity index (χ1n) is 11.8. The van der Waals surface area contributed by atoms with Crippen molar-refractivity contribution >= 4 is 28.8 Å². The Morgan fingerprint density at radius 1 is 1.00 bits per heavy atom. The summed E-state index contributed by atoms with van der Waals surface area (Å²) in [7, 11) is 0. The Hall–Kier alpha value is -2.92. The lowest BCUT2D eigenvalue weighted by atomic mass is 9.94. The van der Waals surface area contributed by atoms with Crippen LogP contribution >= 0.6 is 11.3 Å². The van der Waals surface area contributed by atoms with E-state index in [1.54, 1.807) is 16.2 Å². The molecule has 0 saturated heterocycles. The molecule has 0 aliphatic heterocycles. The van der Waals surface area contributed by atoms with Gasteiger partial charge in [0.15, 0.2) is 0 Å². The number of benzene rings is 2. The highest BCUT2D eigenvalue weighted by Gasteiger charge is 2.34. The van der Waals surface area contributed by atoms with Gasteiger partial charge in [-0.15, -0.1) is 0 Å². The van der Waals surface area contributed by atoms with Gasteiger partial charge in [-0.25, -0.2) is 0 Å². The van der Waals surface area contributed by atoms with Crippen molar-refractivity contribution in [3.63, 3.8) is 0 Å². The first kappa shape index (κ1) is 23.2. The summed E-state index contributed by atoms with van der Waals surface area (Å²) in [6.45, 7) is 4.07. The van der Waals surface area contributed by atoms with E-state index in [2.05, 4.69) is 5.32 Å². The lowest BCUT2D eigenvalue weighted by Gasteiger charge is -2.34. The third kappa shape index (κ3) is 5.53. The van der Waals surface area contributed by atoms with Gasteiger partial charge in [0.2, 0.25) is 11.8 Å². The van der Waals surface area contributed by atoms with Gasteiger partial charge in [0.1, 0.15) is 6.04 Å². The second-order valence-electron chi connectivity index (χ2n) is 8.95. The molecule has 0 radical (unpaired) electrons. The fourth-order valence-electron chi connectivity index (χ4n) is 4.65. The van der Waals surface area contributed by atoms with E-state index in [1.165, 1.54) is 6.42 Å². The minimum Gasteiger partial charge on any atom is -0.351 e. The van der Waals surface area contributed by atoms with E-state index in [0.717, 1.165) is 53.6 Å². The van der Waals surface area contributed by atoms with E-state index in [1.807, 2.05) is 79.2 Å². The zero-order chi connectivity index (χ0) is 23.2. The summed E-state index contributed by atoms with van der Waals surface area (Å²) in [6.07, 6.45) is 5.76. The van der Waals surface area contributed by atoms with Gasteiger partial charge in [-0.1, -0.05) is 61.7 Å². The number of amides is 2. The molecule has 2 amide bonds. The standard InChI is InChI=1S/C28H32N2O2S/c1-20-10-9-15-25(21(20)2)30(26(31)18-22-16-17-33-19-22)27(23-11-5-3-6-12-23)28(32)29-24-13-7-4-8-14-24/h3,5-6,9-12,15-17,19,24,27H,4,7-8,13-14,18H2,1-2H3,(H,29,32). The van der Waals surface area contributed by atoms with Crippen LogP contribution in [0.3, 0.4) is 0 Å². The Morgan fingerprint density at radius 3 is 2.45 bits per heavy atom. The molecule has 1 fully saturated rings. The number of carbonyl (C=O) groups excluding carboxylic acids is 2.